The van der Waals surface area contributed by atoms with E-state index in [0.29, 0.717) is 0 Å². The third-order valence-electron chi connectivity index (χ3n) is 0.101. The minimum atomic E-state index is -4.64. The molecular formula is C2H5O7P. The van der Waals surface area contributed by atoms with Gasteiger partial charge in [-0.3, -0.25) is 4.79 Å². The van der Waals surface area contributed by atoms with E-state index in [-0.39, 0.29) is 6.29 Å². The van der Waals surface area contributed by atoms with E-state index >= 15 is 0 Å². The molecule has 0 spiro atoms. The van der Waals surface area contributed by atoms with Gasteiger partial charge in [0.05, 0.1) is 0 Å². The van der Waals surface area contributed by atoms with Gasteiger partial charge in [-0.2, -0.15) is 0 Å². The zero-order chi connectivity index (χ0) is 8.78. The van der Waals surface area contributed by atoms with E-state index in [1.807, 2.05) is 0 Å². The van der Waals surface area contributed by atoms with Crippen molar-refractivity contribution in [3.63, 3.8) is 0 Å². The van der Waals surface area contributed by atoms with E-state index in [9.17, 15) is 0 Å². The Labute approximate surface area is 55.2 Å². The Morgan fingerprint density at radius 1 is 1.30 bits per heavy atom. The largest absolute Gasteiger partial charge is 0.476 e. The topological polar surface area (TPSA) is 132 Å². The van der Waals surface area contributed by atoms with Crippen LogP contribution in [0.1, 0.15) is 0 Å². The van der Waals surface area contributed by atoms with Gasteiger partial charge in [0.25, 0.3) is 0 Å². The molecule has 7 nitrogen and oxygen atoms in total. The molecule has 0 bridgehead atoms. The van der Waals surface area contributed by atoms with Crippen molar-refractivity contribution >= 4 is 20.1 Å². The number of carboxylic acids is 1. The Morgan fingerprint density at radius 3 is 1.40 bits per heavy atom. The summed E-state index contributed by atoms with van der Waals surface area (Å²) in [4.78, 5) is 39.5. The maximum absolute atomic E-state index is 9.00. The van der Waals surface area contributed by atoms with Gasteiger partial charge in [-0.1, -0.05) is 0 Å². The first-order valence-electron chi connectivity index (χ1n) is 1.73. The first-order chi connectivity index (χ1) is 4.27. The van der Waals surface area contributed by atoms with Crippen LogP contribution in [-0.4, -0.2) is 32.0 Å². The molecule has 0 aliphatic heterocycles. The van der Waals surface area contributed by atoms with Crippen LogP contribution in [0.2, 0.25) is 0 Å². The average Bonchev–Trinajstić information content (AvgIpc) is 1.61. The number of carbonyl (C=O) groups excluding carboxylic acids is 1. The van der Waals surface area contributed by atoms with Gasteiger partial charge in [0.1, 0.15) is 0 Å². The van der Waals surface area contributed by atoms with Gasteiger partial charge in [0, 0.05) is 0 Å². The Hall–Kier alpha value is -0.750. The lowest BCUT2D eigenvalue weighted by Gasteiger charge is -1.82. The van der Waals surface area contributed by atoms with Crippen molar-refractivity contribution in [3.8, 4) is 0 Å². The van der Waals surface area contributed by atoms with Crippen molar-refractivity contribution < 1.29 is 33.9 Å². The highest BCUT2D eigenvalue weighted by Crippen LogP contribution is 2.25. The molecule has 0 radical (unpaired) electrons. The molecule has 0 aliphatic rings. The molecule has 8 heteroatoms. The van der Waals surface area contributed by atoms with Crippen LogP contribution in [0.15, 0.2) is 0 Å². The SMILES string of the molecule is O=CC(=O)O.O=P(O)(O)O. The summed E-state index contributed by atoms with van der Waals surface area (Å²) in [6.07, 6.45) is -0.167. The Kier molecular flexibility index (Phi) is 6.07. The van der Waals surface area contributed by atoms with Gasteiger partial charge in [0.2, 0.25) is 6.29 Å². The third kappa shape index (κ3) is 181. The maximum Gasteiger partial charge on any atom is 0.466 e. The lowest BCUT2D eigenvalue weighted by Crippen LogP contribution is -1.91. The number of carbonyl (C=O) groups is 2. The molecule has 4 N–H and O–H groups in total. The zero-order valence-corrected chi connectivity index (χ0v) is 5.43. The van der Waals surface area contributed by atoms with Crippen LogP contribution in [0.5, 0.6) is 0 Å². The third-order valence-corrected chi connectivity index (χ3v) is 0.101. The molecule has 0 fully saturated rings. The number of rotatable bonds is 1. The molecule has 60 valence electrons. The summed E-state index contributed by atoms with van der Waals surface area (Å²) in [6.45, 7) is 0. The van der Waals surface area contributed by atoms with Crippen molar-refractivity contribution in [2.45, 2.75) is 0 Å². The van der Waals surface area contributed by atoms with Crippen molar-refractivity contribution in [1.82, 2.24) is 0 Å². The average molecular weight is 172 g/mol. The predicted molar refractivity (Wildman–Crippen MR) is 28.0 cm³/mol. The monoisotopic (exact) mass is 172 g/mol. The highest BCUT2D eigenvalue weighted by Gasteiger charge is 2.00. The van der Waals surface area contributed by atoms with Gasteiger partial charge in [0.15, 0.2) is 0 Å². The molecule has 0 aromatic heterocycles. The van der Waals surface area contributed by atoms with Crippen LogP contribution in [-0.2, 0) is 14.2 Å². The standard InChI is InChI=1S/C2H2O3.H3O4P/c3-1-2(4)5;1-5(2,3)4/h1H,(H,4,5);(H3,1,2,3,4). The smallest absolute Gasteiger partial charge is 0.466 e. The summed E-state index contributed by atoms with van der Waals surface area (Å²) in [5, 5.41) is 7.35. The summed E-state index contributed by atoms with van der Waals surface area (Å²) >= 11 is 0. The second-order valence-corrected chi connectivity index (χ2v) is 2.00. The maximum atomic E-state index is 9.00. The number of aliphatic carboxylic acids is 1. The fourth-order valence-electron chi connectivity index (χ4n) is 0. The van der Waals surface area contributed by atoms with Crippen molar-refractivity contribution in [2.24, 2.45) is 0 Å². The normalized spacial score (nSPS) is 9.10. The minimum Gasteiger partial charge on any atom is -0.476 e. The van der Waals surface area contributed by atoms with E-state index in [2.05, 4.69) is 0 Å². The quantitative estimate of drug-likeness (QED) is 0.211. The lowest BCUT2D eigenvalue weighted by atomic mass is 10.8. The number of hydrogen-bond donors (Lipinski definition) is 4. The number of hydrogen-bond acceptors (Lipinski definition) is 3. The number of aldehydes is 1. The van der Waals surface area contributed by atoms with Crippen molar-refractivity contribution in [2.75, 3.05) is 0 Å². The highest BCUT2D eigenvalue weighted by molar-refractivity contribution is 7.45. The minimum absolute atomic E-state index is 0.167. The fraction of sp³-hybridized carbons (Fsp3) is 0. The number of carboxylic acid groups (broad SMARTS) is 1. The van der Waals surface area contributed by atoms with E-state index in [1.54, 1.807) is 0 Å². The lowest BCUT2D eigenvalue weighted by molar-refractivity contribution is -0.143. The molecule has 0 unspecified atom stereocenters. The van der Waals surface area contributed by atoms with Gasteiger partial charge in [-0.15, -0.1) is 0 Å². The van der Waals surface area contributed by atoms with Crippen LogP contribution in [0.25, 0.3) is 0 Å². The first kappa shape index (κ1) is 12.0. The Balaban J connectivity index is 0. The molecule has 0 aromatic carbocycles. The van der Waals surface area contributed by atoms with E-state index < -0.39 is 13.8 Å². The van der Waals surface area contributed by atoms with Crippen LogP contribution < -0.4 is 0 Å². The van der Waals surface area contributed by atoms with Crippen LogP contribution in [0, 0.1) is 0 Å². The molecule has 0 atom stereocenters. The zero-order valence-electron chi connectivity index (χ0n) is 4.54. The summed E-state index contributed by atoms with van der Waals surface area (Å²) in [7, 11) is -4.64. The van der Waals surface area contributed by atoms with Gasteiger partial charge < -0.3 is 19.8 Å². The Bertz CT molecular complexity index is 147. The summed E-state index contributed by atoms with van der Waals surface area (Å²) in [6, 6.07) is 0. The molecule has 0 heterocycles. The second kappa shape index (κ2) is 5.07. The highest BCUT2D eigenvalue weighted by atomic mass is 31.2. The summed E-state index contributed by atoms with van der Waals surface area (Å²) in [5.41, 5.74) is 0. The Morgan fingerprint density at radius 2 is 1.40 bits per heavy atom. The molecule has 0 rings (SSSR count). The fourth-order valence-corrected chi connectivity index (χ4v) is 0. The van der Waals surface area contributed by atoms with Crippen molar-refractivity contribution in [3.05, 3.63) is 0 Å². The summed E-state index contributed by atoms with van der Waals surface area (Å²) in [5.74, 6) is -1.43. The van der Waals surface area contributed by atoms with E-state index in [1.165, 1.54) is 0 Å². The first-order valence-corrected chi connectivity index (χ1v) is 3.30. The predicted octanol–water partition coefficient (Wildman–Crippen LogP) is -1.66. The molecule has 0 saturated carbocycles. The van der Waals surface area contributed by atoms with Gasteiger partial charge in [-0.25, -0.2) is 9.36 Å². The van der Waals surface area contributed by atoms with Crippen LogP contribution in [0.4, 0.5) is 0 Å². The molecule has 0 amide bonds. The van der Waals surface area contributed by atoms with Crippen LogP contribution in [0.3, 0.4) is 0 Å². The molecule has 0 aliphatic carbocycles. The van der Waals surface area contributed by atoms with E-state index in [0.717, 1.165) is 0 Å². The number of phosphoric acid groups is 1. The van der Waals surface area contributed by atoms with Crippen molar-refractivity contribution in [1.29, 1.82) is 0 Å². The summed E-state index contributed by atoms with van der Waals surface area (Å²) < 4.78 is 8.88. The molecular weight excluding hydrogens is 167 g/mol. The van der Waals surface area contributed by atoms with Crippen LogP contribution >= 0.6 is 7.82 Å². The second-order valence-electron chi connectivity index (χ2n) is 0.969. The van der Waals surface area contributed by atoms with E-state index in [4.69, 9.17) is 33.9 Å². The van der Waals surface area contributed by atoms with Gasteiger partial charge >= 0.3 is 13.8 Å². The van der Waals surface area contributed by atoms with Gasteiger partial charge in [-0.05, 0) is 0 Å². The molecule has 0 saturated heterocycles. The molecule has 10 heavy (non-hydrogen) atoms. The molecule has 0 aromatic rings.